The van der Waals surface area contributed by atoms with Crippen LogP contribution in [0, 0.1) is 0 Å². The van der Waals surface area contributed by atoms with Gasteiger partial charge in [0.25, 0.3) is 5.91 Å². The molecule has 1 atom stereocenters. The molecule has 1 amide bonds. The van der Waals surface area contributed by atoms with Gasteiger partial charge in [-0.1, -0.05) is 6.92 Å². The summed E-state index contributed by atoms with van der Waals surface area (Å²) in [5.41, 5.74) is 0.563. The largest absolute Gasteiger partial charge is 0.342 e. The number of thioether (sulfide) groups is 1. The first-order chi connectivity index (χ1) is 10.7. The molecule has 0 saturated heterocycles. The highest BCUT2D eigenvalue weighted by Gasteiger charge is 2.22. The van der Waals surface area contributed by atoms with Gasteiger partial charge in [0.1, 0.15) is 5.82 Å². The van der Waals surface area contributed by atoms with E-state index in [4.69, 9.17) is 0 Å². The maximum Gasteiger partial charge on any atom is 0.253 e. The summed E-state index contributed by atoms with van der Waals surface area (Å²) in [5, 5.41) is 12.3. The number of nitrogens with one attached hydrogen (secondary N) is 1. The van der Waals surface area contributed by atoms with E-state index in [0.29, 0.717) is 5.56 Å². The Bertz CT molecular complexity index is 667. The van der Waals surface area contributed by atoms with Crippen molar-refractivity contribution in [3.8, 4) is 0 Å². The van der Waals surface area contributed by atoms with Crippen LogP contribution in [0.15, 0.2) is 23.4 Å². The van der Waals surface area contributed by atoms with Crippen LogP contribution in [0.4, 0.5) is 0 Å². The lowest BCUT2D eigenvalue weighted by Crippen LogP contribution is -2.28. The predicted octanol–water partition coefficient (Wildman–Crippen LogP) is 2.22. The summed E-state index contributed by atoms with van der Waals surface area (Å²) in [6.45, 7) is 4.94. The molecule has 6 nitrogen and oxygen atoms in total. The van der Waals surface area contributed by atoms with Gasteiger partial charge in [-0.15, -0.1) is 22.0 Å². The normalized spacial score (nSPS) is 14.6. The van der Waals surface area contributed by atoms with Crippen molar-refractivity contribution in [3.05, 3.63) is 35.5 Å². The molecule has 1 aliphatic heterocycles. The van der Waals surface area contributed by atoms with Gasteiger partial charge in [-0.05, 0) is 31.2 Å². The first-order valence-corrected chi connectivity index (χ1v) is 8.49. The molecule has 116 valence electrons. The fraction of sp³-hybridized carbons (Fsp3) is 0.467. The highest BCUT2D eigenvalue weighted by Crippen LogP contribution is 2.19. The summed E-state index contributed by atoms with van der Waals surface area (Å²) in [5.74, 6) is 2.67. The van der Waals surface area contributed by atoms with Crippen LogP contribution >= 0.6 is 11.8 Å². The number of hydrogen-bond donors (Lipinski definition) is 1. The molecule has 1 unspecified atom stereocenters. The van der Waals surface area contributed by atoms with Crippen LogP contribution in [0.25, 0.3) is 0 Å². The van der Waals surface area contributed by atoms with E-state index in [1.807, 2.05) is 13.0 Å². The minimum atomic E-state index is -0.170. The fourth-order valence-corrected chi connectivity index (χ4v) is 3.17. The third kappa shape index (κ3) is 2.99. The van der Waals surface area contributed by atoms with Gasteiger partial charge in [-0.25, -0.2) is 4.98 Å². The standard InChI is InChI=1S/C15H19N5OS/c1-3-22-13-7-6-11(9-16-13)15(21)17-10(2)14-19-18-12-5-4-8-20(12)14/h6-7,9-10H,3-5,8H2,1-2H3,(H,17,21). The molecule has 3 rings (SSSR count). The molecule has 0 bridgehead atoms. The summed E-state index contributed by atoms with van der Waals surface area (Å²) in [4.78, 5) is 16.6. The molecule has 0 fully saturated rings. The molecule has 1 N–H and O–H groups in total. The fourth-order valence-electron chi connectivity index (χ4n) is 2.59. The van der Waals surface area contributed by atoms with Crippen LogP contribution in [0.5, 0.6) is 0 Å². The lowest BCUT2D eigenvalue weighted by molar-refractivity contribution is 0.0937. The molecule has 2 aromatic heterocycles. The number of carbonyl (C=O) groups is 1. The maximum atomic E-state index is 12.3. The van der Waals surface area contributed by atoms with Crippen LogP contribution in [0.1, 0.15) is 48.3 Å². The van der Waals surface area contributed by atoms with Crippen LogP contribution in [-0.4, -0.2) is 31.4 Å². The quantitative estimate of drug-likeness (QED) is 0.856. The van der Waals surface area contributed by atoms with Crippen molar-refractivity contribution in [2.75, 3.05) is 5.75 Å². The van der Waals surface area contributed by atoms with Crippen molar-refractivity contribution in [1.82, 2.24) is 25.1 Å². The second-order valence-electron chi connectivity index (χ2n) is 5.24. The first kappa shape index (κ1) is 15.0. The Kier molecular flexibility index (Phi) is 4.42. The Morgan fingerprint density at radius 1 is 1.45 bits per heavy atom. The van der Waals surface area contributed by atoms with Crippen molar-refractivity contribution in [3.63, 3.8) is 0 Å². The topological polar surface area (TPSA) is 72.7 Å². The van der Waals surface area contributed by atoms with Gasteiger partial charge in [0.05, 0.1) is 16.6 Å². The van der Waals surface area contributed by atoms with Gasteiger partial charge in [-0.2, -0.15) is 0 Å². The number of pyridine rings is 1. The molecule has 1 aliphatic rings. The second-order valence-corrected chi connectivity index (χ2v) is 6.53. The zero-order valence-electron chi connectivity index (χ0n) is 12.7. The number of fused-ring (bicyclic) bond motifs is 1. The van der Waals surface area contributed by atoms with Crippen molar-refractivity contribution >= 4 is 17.7 Å². The number of rotatable bonds is 5. The molecule has 7 heteroatoms. The lowest BCUT2D eigenvalue weighted by atomic mass is 10.2. The van der Waals surface area contributed by atoms with E-state index in [9.17, 15) is 4.79 Å². The van der Waals surface area contributed by atoms with Crippen molar-refractivity contribution in [2.24, 2.45) is 0 Å². The Labute approximate surface area is 133 Å². The Morgan fingerprint density at radius 3 is 3.05 bits per heavy atom. The van der Waals surface area contributed by atoms with Gasteiger partial charge in [0.15, 0.2) is 5.82 Å². The molecule has 0 saturated carbocycles. The number of aromatic nitrogens is 4. The molecular formula is C15H19N5OS. The number of amides is 1. The predicted molar refractivity (Wildman–Crippen MR) is 84.9 cm³/mol. The molecule has 2 aromatic rings. The van der Waals surface area contributed by atoms with Gasteiger partial charge in [0, 0.05) is 19.2 Å². The van der Waals surface area contributed by atoms with Crippen LogP contribution in [0.2, 0.25) is 0 Å². The summed E-state index contributed by atoms with van der Waals surface area (Å²) in [6.07, 6.45) is 3.68. The lowest BCUT2D eigenvalue weighted by Gasteiger charge is -2.14. The van der Waals surface area contributed by atoms with E-state index in [0.717, 1.165) is 41.8 Å². The highest BCUT2D eigenvalue weighted by atomic mass is 32.2. The summed E-state index contributed by atoms with van der Waals surface area (Å²) < 4.78 is 2.10. The van der Waals surface area contributed by atoms with E-state index in [-0.39, 0.29) is 11.9 Å². The van der Waals surface area contributed by atoms with Crippen LogP contribution in [0.3, 0.4) is 0 Å². The van der Waals surface area contributed by atoms with E-state index < -0.39 is 0 Å². The van der Waals surface area contributed by atoms with Gasteiger partial charge >= 0.3 is 0 Å². The molecule has 0 spiro atoms. The number of hydrogen-bond acceptors (Lipinski definition) is 5. The number of carbonyl (C=O) groups excluding carboxylic acids is 1. The van der Waals surface area contributed by atoms with E-state index in [1.165, 1.54) is 0 Å². The number of aryl methyl sites for hydroxylation is 1. The third-order valence-corrected chi connectivity index (χ3v) is 4.49. The van der Waals surface area contributed by atoms with Crippen LogP contribution < -0.4 is 5.32 Å². The van der Waals surface area contributed by atoms with Gasteiger partial charge in [0.2, 0.25) is 0 Å². The van der Waals surface area contributed by atoms with Gasteiger partial charge in [-0.3, -0.25) is 4.79 Å². The van der Waals surface area contributed by atoms with E-state index in [1.54, 1.807) is 24.0 Å². The SMILES string of the molecule is CCSc1ccc(C(=O)NC(C)c2nnc3n2CCC3)cn1. The van der Waals surface area contributed by atoms with Crippen molar-refractivity contribution in [1.29, 1.82) is 0 Å². The van der Waals surface area contributed by atoms with Gasteiger partial charge < -0.3 is 9.88 Å². The zero-order chi connectivity index (χ0) is 15.5. The molecule has 0 radical (unpaired) electrons. The monoisotopic (exact) mass is 317 g/mol. The molecule has 0 aliphatic carbocycles. The van der Waals surface area contributed by atoms with E-state index in [2.05, 4.69) is 32.0 Å². The first-order valence-electron chi connectivity index (χ1n) is 7.50. The minimum absolute atomic E-state index is 0.136. The smallest absolute Gasteiger partial charge is 0.253 e. The molecule has 0 aromatic carbocycles. The molecule has 22 heavy (non-hydrogen) atoms. The Morgan fingerprint density at radius 2 is 2.32 bits per heavy atom. The maximum absolute atomic E-state index is 12.3. The summed E-state index contributed by atoms with van der Waals surface area (Å²) in [7, 11) is 0. The highest BCUT2D eigenvalue weighted by molar-refractivity contribution is 7.99. The molecular weight excluding hydrogens is 298 g/mol. The van der Waals surface area contributed by atoms with Crippen molar-refractivity contribution in [2.45, 2.75) is 44.3 Å². The average molecular weight is 317 g/mol. The summed E-state index contributed by atoms with van der Waals surface area (Å²) in [6, 6.07) is 3.51. The van der Waals surface area contributed by atoms with Crippen LogP contribution in [-0.2, 0) is 13.0 Å². The second kappa shape index (κ2) is 6.48. The Hall–Kier alpha value is -1.89. The number of nitrogens with zero attached hydrogens (tertiary/aromatic N) is 4. The minimum Gasteiger partial charge on any atom is -0.342 e. The van der Waals surface area contributed by atoms with Crippen molar-refractivity contribution < 1.29 is 4.79 Å². The Balaban J connectivity index is 1.68. The average Bonchev–Trinajstić information content (AvgIpc) is 3.10. The zero-order valence-corrected chi connectivity index (χ0v) is 13.6. The van der Waals surface area contributed by atoms with E-state index >= 15 is 0 Å². The third-order valence-electron chi connectivity index (χ3n) is 3.66. The summed E-state index contributed by atoms with van der Waals surface area (Å²) >= 11 is 1.66. The molecule has 3 heterocycles.